The van der Waals surface area contributed by atoms with Crippen molar-refractivity contribution in [3.8, 4) is 0 Å². The van der Waals surface area contributed by atoms with Crippen LogP contribution < -0.4 is 4.80 Å². The first-order valence-electron chi connectivity index (χ1n) is 6.85. The van der Waals surface area contributed by atoms with E-state index >= 15 is 0 Å². The van der Waals surface area contributed by atoms with Crippen LogP contribution in [0.2, 0.25) is 0 Å². The molecule has 23 heavy (non-hydrogen) atoms. The maximum absolute atomic E-state index is 12.4. The van der Waals surface area contributed by atoms with Gasteiger partial charge in [-0.3, -0.25) is 10.1 Å². The maximum Gasteiger partial charge on any atom is 0.285 e. The SMILES string of the molecule is Cc1c(C(C)C)s/c(=N/S(=O)(=O)c2cccc([N+](=O)[O-])c2)n1C. The van der Waals surface area contributed by atoms with Crippen molar-refractivity contribution in [3.63, 3.8) is 0 Å². The van der Waals surface area contributed by atoms with E-state index in [-0.39, 0.29) is 16.5 Å². The van der Waals surface area contributed by atoms with Crippen LogP contribution >= 0.6 is 11.3 Å². The van der Waals surface area contributed by atoms with Crippen molar-refractivity contribution >= 4 is 27.0 Å². The van der Waals surface area contributed by atoms with Crippen LogP contribution in [-0.2, 0) is 17.1 Å². The Labute approximate surface area is 138 Å². The Morgan fingerprint density at radius 2 is 2.00 bits per heavy atom. The molecule has 9 heteroatoms. The fourth-order valence-corrected chi connectivity index (χ4v) is 4.47. The molecule has 0 aliphatic heterocycles. The monoisotopic (exact) mass is 355 g/mol. The molecule has 0 saturated carbocycles. The molecule has 0 aliphatic carbocycles. The zero-order valence-electron chi connectivity index (χ0n) is 13.2. The molecule has 0 fully saturated rings. The van der Waals surface area contributed by atoms with Crippen LogP contribution in [0.15, 0.2) is 33.6 Å². The van der Waals surface area contributed by atoms with Gasteiger partial charge in [0.1, 0.15) is 0 Å². The predicted octanol–water partition coefficient (Wildman–Crippen LogP) is 2.72. The van der Waals surface area contributed by atoms with E-state index in [1.807, 2.05) is 20.8 Å². The smallest absolute Gasteiger partial charge is 0.285 e. The van der Waals surface area contributed by atoms with E-state index < -0.39 is 14.9 Å². The molecule has 0 spiro atoms. The highest BCUT2D eigenvalue weighted by molar-refractivity contribution is 7.90. The summed E-state index contributed by atoms with van der Waals surface area (Å²) in [6.45, 7) is 5.96. The minimum absolute atomic E-state index is 0.191. The Balaban J connectivity index is 2.60. The van der Waals surface area contributed by atoms with E-state index in [9.17, 15) is 18.5 Å². The van der Waals surface area contributed by atoms with Gasteiger partial charge in [-0.1, -0.05) is 19.9 Å². The summed E-state index contributed by atoms with van der Waals surface area (Å²) in [4.78, 5) is 11.4. The fraction of sp³-hybridized carbons (Fsp3) is 0.357. The average molecular weight is 355 g/mol. The summed E-state index contributed by atoms with van der Waals surface area (Å²) in [6, 6.07) is 4.89. The number of benzene rings is 1. The first kappa shape index (κ1) is 17.4. The third-order valence-electron chi connectivity index (χ3n) is 3.40. The molecular formula is C14H17N3O4S2. The normalized spacial score (nSPS) is 12.8. The number of non-ortho nitro benzene ring substituents is 1. The lowest BCUT2D eigenvalue weighted by molar-refractivity contribution is -0.385. The molecule has 7 nitrogen and oxygen atoms in total. The minimum atomic E-state index is -4.01. The highest BCUT2D eigenvalue weighted by Gasteiger charge is 2.18. The number of nitro groups is 1. The molecule has 0 N–H and O–H groups in total. The van der Waals surface area contributed by atoms with E-state index in [4.69, 9.17) is 0 Å². The number of rotatable bonds is 4. The van der Waals surface area contributed by atoms with E-state index in [1.54, 1.807) is 11.6 Å². The highest BCUT2D eigenvalue weighted by atomic mass is 32.2. The van der Waals surface area contributed by atoms with Crippen molar-refractivity contribution in [2.24, 2.45) is 11.4 Å². The zero-order chi connectivity index (χ0) is 17.4. The van der Waals surface area contributed by atoms with Crippen LogP contribution in [-0.4, -0.2) is 17.9 Å². The summed E-state index contributed by atoms with van der Waals surface area (Å²) in [7, 11) is -2.26. The van der Waals surface area contributed by atoms with Crippen LogP contribution in [0.5, 0.6) is 0 Å². The van der Waals surface area contributed by atoms with Gasteiger partial charge in [-0.05, 0) is 18.9 Å². The van der Waals surface area contributed by atoms with Crippen molar-refractivity contribution in [2.45, 2.75) is 31.6 Å². The standard InChI is InChI=1S/C14H17N3O4S2/c1-9(2)13-10(3)16(4)14(22-13)15-23(20,21)12-7-5-6-11(8-12)17(18)19/h5-9H,1-4H3/b15-14+. The molecule has 0 saturated heterocycles. The molecule has 2 aromatic rings. The first-order chi connectivity index (χ1) is 10.6. The molecule has 1 heterocycles. The summed E-state index contributed by atoms with van der Waals surface area (Å²) in [5, 5.41) is 10.8. The van der Waals surface area contributed by atoms with Gasteiger partial charge >= 0.3 is 0 Å². The number of thiazole rings is 1. The van der Waals surface area contributed by atoms with Crippen LogP contribution in [0.1, 0.15) is 30.3 Å². The van der Waals surface area contributed by atoms with E-state index in [0.717, 1.165) is 16.6 Å². The van der Waals surface area contributed by atoms with Crippen molar-refractivity contribution in [2.75, 3.05) is 0 Å². The van der Waals surface area contributed by atoms with Crippen molar-refractivity contribution in [1.29, 1.82) is 0 Å². The van der Waals surface area contributed by atoms with Crippen LogP contribution in [0, 0.1) is 17.0 Å². The van der Waals surface area contributed by atoms with Crippen molar-refractivity contribution in [3.05, 3.63) is 49.8 Å². The summed E-state index contributed by atoms with van der Waals surface area (Å²) in [5.74, 6) is 0.260. The third-order valence-corrected chi connectivity index (χ3v) is 6.31. The van der Waals surface area contributed by atoms with E-state index in [0.29, 0.717) is 4.80 Å². The Kier molecular flexibility index (Phi) is 4.71. The van der Waals surface area contributed by atoms with Gasteiger partial charge in [-0.25, -0.2) is 0 Å². The largest absolute Gasteiger partial charge is 0.323 e. The minimum Gasteiger partial charge on any atom is -0.323 e. The molecule has 1 aromatic heterocycles. The van der Waals surface area contributed by atoms with E-state index in [2.05, 4.69) is 4.40 Å². The average Bonchev–Trinajstić information content (AvgIpc) is 2.75. The zero-order valence-corrected chi connectivity index (χ0v) is 14.8. The summed E-state index contributed by atoms with van der Waals surface area (Å²) in [5.41, 5.74) is 0.675. The summed E-state index contributed by atoms with van der Waals surface area (Å²) < 4.78 is 30.4. The lowest BCUT2D eigenvalue weighted by Crippen LogP contribution is -2.14. The lowest BCUT2D eigenvalue weighted by atomic mass is 10.1. The molecule has 0 bridgehead atoms. The maximum atomic E-state index is 12.4. The summed E-state index contributed by atoms with van der Waals surface area (Å²) in [6.07, 6.45) is 0. The molecule has 0 aliphatic rings. The third kappa shape index (κ3) is 3.50. The number of nitrogens with zero attached hydrogens (tertiary/aromatic N) is 3. The number of nitro benzene ring substituents is 1. The highest BCUT2D eigenvalue weighted by Crippen LogP contribution is 2.22. The Morgan fingerprint density at radius 1 is 1.35 bits per heavy atom. The van der Waals surface area contributed by atoms with Crippen molar-refractivity contribution < 1.29 is 13.3 Å². The van der Waals surface area contributed by atoms with Gasteiger partial charge in [0, 0.05) is 29.8 Å². The molecular weight excluding hydrogens is 338 g/mol. The van der Waals surface area contributed by atoms with Crippen molar-refractivity contribution in [1.82, 2.24) is 4.57 Å². The lowest BCUT2D eigenvalue weighted by Gasteiger charge is -2.02. The molecule has 124 valence electrons. The van der Waals surface area contributed by atoms with Crippen LogP contribution in [0.25, 0.3) is 0 Å². The first-order valence-corrected chi connectivity index (χ1v) is 9.11. The molecule has 0 unspecified atom stereocenters. The Hall–Kier alpha value is -2.00. The van der Waals surface area contributed by atoms with Gasteiger partial charge in [0.25, 0.3) is 15.7 Å². The number of hydrogen-bond acceptors (Lipinski definition) is 5. The number of hydrogen-bond donors (Lipinski definition) is 0. The second kappa shape index (κ2) is 6.25. The van der Waals surface area contributed by atoms with Gasteiger partial charge in [-0.2, -0.15) is 8.42 Å². The predicted molar refractivity (Wildman–Crippen MR) is 88.0 cm³/mol. The quantitative estimate of drug-likeness (QED) is 0.622. The fourth-order valence-electron chi connectivity index (χ4n) is 2.08. The summed E-state index contributed by atoms with van der Waals surface area (Å²) >= 11 is 1.31. The molecule has 0 amide bonds. The second-order valence-corrected chi connectivity index (χ2v) is 7.98. The second-order valence-electron chi connectivity index (χ2n) is 5.37. The number of sulfonamides is 1. The molecule has 0 radical (unpaired) electrons. The Bertz CT molecular complexity index is 924. The van der Waals surface area contributed by atoms with Crippen LogP contribution in [0.4, 0.5) is 5.69 Å². The van der Waals surface area contributed by atoms with Gasteiger partial charge in [0.2, 0.25) is 4.80 Å². The van der Waals surface area contributed by atoms with Gasteiger partial charge in [0.15, 0.2) is 0 Å². The molecule has 1 aromatic carbocycles. The van der Waals surface area contributed by atoms with Crippen LogP contribution in [0.3, 0.4) is 0 Å². The topological polar surface area (TPSA) is 94.6 Å². The molecule has 0 atom stereocenters. The number of aromatic nitrogens is 1. The van der Waals surface area contributed by atoms with Gasteiger partial charge < -0.3 is 4.57 Å². The van der Waals surface area contributed by atoms with E-state index in [1.165, 1.54) is 29.5 Å². The van der Waals surface area contributed by atoms with Gasteiger partial charge in [-0.15, -0.1) is 15.7 Å². The molecule has 2 rings (SSSR count). The van der Waals surface area contributed by atoms with Gasteiger partial charge in [0.05, 0.1) is 9.82 Å². The Morgan fingerprint density at radius 3 is 2.52 bits per heavy atom.